The molecule has 0 aromatic heterocycles. The van der Waals surface area contributed by atoms with Crippen LogP contribution in [0.25, 0.3) is 0 Å². The lowest BCUT2D eigenvalue weighted by atomic mass is 9.87. The van der Waals surface area contributed by atoms with E-state index in [1.807, 2.05) is 32.9 Å². The van der Waals surface area contributed by atoms with E-state index in [-0.39, 0.29) is 23.3 Å². The molecule has 2 aromatic carbocycles. The van der Waals surface area contributed by atoms with Crippen LogP contribution in [0.3, 0.4) is 0 Å². The summed E-state index contributed by atoms with van der Waals surface area (Å²) in [5.41, 5.74) is 0.945. The highest BCUT2D eigenvalue weighted by Crippen LogP contribution is 2.44. The van der Waals surface area contributed by atoms with Crippen molar-refractivity contribution < 1.29 is 37.3 Å². The molecule has 45 heavy (non-hydrogen) atoms. The van der Waals surface area contributed by atoms with Gasteiger partial charge in [0.15, 0.2) is 0 Å². The molecule has 0 aliphatic carbocycles. The lowest BCUT2D eigenvalue weighted by Gasteiger charge is -2.36. The van der Waals surface area contributed by atoms with E-state index < -0.39 is 23.9 Å². The third-order valence-electron chi connectivity index (χ3n) is 8.45. The minimum Gasteiger partial charge on any atom is -0.508 e. The average molecular weight is 629 g/mol. The van der Waals surface area contributed by atoms with Crippen molar-refractivity contribution in [1.29, 1.82) is 0 Å². The molecule has 1 N–H and O–H groups in total. The maximum absolute atomic E-state index is 14.4. The molecule has 0 bridgehead atoms. The molecule has 0 fully saturated rings. The molecule has 2 aromatic rings. The molecule has 1 aliphatic rings. The number of halogens is 3. The molecule has 3 atom stereocenters. The third kappa shape index (κ3) is 9.03. The van der Waals surface area contributed by atoms with E-state index in [2.05, 4.69) is 19.9 Å². The van der Waals surface area contributed by atoms with Crippen molar-refractivity contribution in [3.05, 3.63) is 94.1 Å². The normalized spacial score (nSPS) is 19.2. The van der Waals surface area contributed by atoms with Gasteiger partial charge in [-0.15, -0.1) is 0 Å². The van der Waals surface area contributed by atoms with E-state index in [0.717, 1.165) is 61.7 Å². The number of benzene rings is 2. The van der Waals surface area contributed by atoms with Crippen LogP contribution in [-0.2, 0) is 26.3 Å². The van der Waals surface area contributed by atoms with Gasteiger partial charge in [0.05, 0.1) is 0 Å². The number of hydrogen-bond acceptors (Lipinski definition) is 5. The highest BCUT2D eigenvalue weighted by atomic mass is 19.4. The number of rotatable bonds is 13. The Balaban J connectivity index is 1.66. The van der Waals surface area contributed by atoms with Gasteiger partial charge >= 0.3 is 12.1 Å². The van der Waals surface area contributed by atoms with Crippen molar-refractivity contribution in [1.82, 2.24) is 0 Å². The zero-order chi connectivity index (χ0) is 33.4. The van der Waals surface area contributed by atoms with Crippen LogP contribution in [-0.4, -0.2) is 36.1 Å². The Bertz CT molecular complexity index is 1410. The number of methoxy groups -OCH3 is 1. The second-order valence-electron chi connectivity index (χ2n) is 12.5. The van der Waals surface area contributed by atoms with Crippen molar-refractivity contribution in [3.8, 4) is 11.5 Å². The third-order valence-corrected chi connectivity index (χ3v) is 8.45. The van der Waals surface area contributed by atoms with Gasteiger partial charge in [0.25, 0.3) is 5.60 Å². The average Bonchev–Trinajstić information content (AvgIpc) is 2.96. The first-order chi connectivity index (χ1) is 21.1. The Morgan fingerprint density at radius 3 is 2.38 bits per heavy atom. The molecule has 0 radical (unpaired) electrons. The summed E-state index contributed by atoms with van der Waals surface area (Å²) in [5.74, 6) is -0.361. The van der Waals surface area contributed by atoms with Gasteiger partial charge in [-0.1, -0.05) is 59.7 Å². The Kier molecular flexibility index (Phi) is 12.1. The molecule has 1 heterocycles. The van der Waals surface area contributed by atoms with Gasteiger partial charge in [-0.2, -0.15) is 13.2 Å². The van der Waals surface area contributed by atoms with Gasteiger partial charge in [0, 0.05) is 19.1 Å². The summed E-state index contributed by atoms with van der Waals surface area (Å²) in [4.78, 5) is 13.3. The lowest BCUT2D eigenvalue weighted by Crippen LogP contribution is -2.52. The molecule has 3 rings (SSSR count). The number of ether oxygens (including phenoxy) is 3. The number of alkyl halides is 3. The van der Waals surface area contributed by atoms with E-state index in [0.29, 0.717) is 12.0 Å². The molecular formula is C37H47F3O5. The summed E-state index contributed by atoms with van der Waals surface area (Å²) in [7, 11) is 0.872. The van der Waals surface area contributed by atoms with Gasteiger partial charge in [-0.25, -0.2) is 4.79 Å². The van der Waals surface area contributed by atoms with Gasteiger partial charge < -0.3 is 19.3 Å². The topological polar surface area (TPSA) is 65.0 Å². The highest BCUT2D eigenvalue weighted by Gasteiger charge is 2.64. The first-order valence-corrected chi connectivity index (χ1v) is 15.5. The quantitative estimate of drug-likeness (QED) is 0.177. The second kappa shape index (κ2) is 15.2. The highest BCUT2D eigenvalue weighted by molar-refractivity contribution is 5.83. The van der Waals surface area contributed by atoms with Crippen molar-refractivity contribution in [2.75, 3.05) is 7.11 Å². The fourth-order valence-corrected chi connectivity index (χ4v) is 5.68. The predicted octanol–water partition coefficient (Wildman–Crippen LogP) is 9.61. The summed E-state index contributed by atoms with van der Waals surface area (Å²) in [5, 5.41) is 9.90. The van der Waals surface area contributed by atoms with Gasteiger partial charge in [-0.3, -0.25) is 0 Å². The summed E-state index contributed by atoms with van der Waals surface area (Å²) < 4.78 is 60.2. The molecule has 0 spiro atoms. The Morgan fingerprint density at radius 2 is 1.76 bits per heavy atom. The van der Waals surface area contributed by atoms with Crippen LogP contribution in [0.15, 0.2) is 77.4 Å². The number of esters is 1. The maximum Gasteiger partial charge on any atom is 0.432 e. The molecule has 0 unspecified atom stereocenters. The first kappa shape index (κ1) is 36.0. The first-order valence-electron chi connectivity index (χ1n) is 15.5. The van der Waals surface area contributed by atoms with Gasteiger partial charge in [0.2, 0.25) is 0 Å². The van der Waals surface area contributed by atoms with Gasteiger partial charge in [0.1, 0.15) is 23.2 Å². The SMILES string of the molecule is CO[C@@](C(=O)O[C@H](CC=C(C)C)/C(C)=C/CC/C(C)=C/CC[C@]1(C)CCc2cc(O)cc(C)c2O1)(c1ccccc1)C(F)(F)F. The van der Waals surface area contributed by atoms with Crippen molar-refractivity contribution >= 4 is 5.97 Å². The van der Waals surface area contributed by atoms with Crippen LogP contribution in [0.1, 0.15) is 89.8 Å². The van der Waals surface area contributed by atoms with E-state index in [1.165, 1.54) is 29.8 Å². The molecule has 0 amide bonds. The fraction of sp³-hybridized carbons (Fsp3) is 0.486. The zero-order valence-corrected chi connectivity index (χ0v) is 27.5. The molecule has 5 nitrogen and oxygen atoms in total. The van der Waals surface area contributed by atoms with Gasteiger partial charge in [-0.05, 0) is 109 Å². The van der Waals surface area contributed by atoms with Crippen LogP contribution in [0.2, 0.25) is 0 Å². The lowest BCUT2D eigenvalue weighted by molar-refractivity contribution is -0.277. The molecule has 8 heteroatoms. The van der Waals surface area contributed by atoms with Crippen molar-refractivity contribution in [2.45, 2.75) is 110 Å². The van der Waals surface area contributed by atoms with E-state index in [9.17, 15) is 23.1 Å². The number of hydrogen-bond donors (Lipinski definition) is 1. The van der Waals surface area contributed by atoms with E-state index >= 15 is 0 Å². The zero-order valence-electron chi connectivity index (χ0n) is 27.5. The Labute approximate surface area is 265 Å². The number of carbonyl (C=O) groups excluding carboxylic acids is 1. The van der Waals surface area contributed by atoms with Crippen LogP contribution >= 0.6 is 0 Å². The van der Waals surface area contributed by atoms with E-state index in [4.69, 9.17) is 14.2 Å². The largest absolute Gasteiger partial charge is 0.508 e. The molecule has 246 valence electrons. The van der Waals surface area contributed by atoms with Crippen LogP contribution in [0, 0.1) is 6.92 Å². The van der Waals surface area contributed by atoms with Crippen molar-refractivity contribution in [2.24, 2.45) is 0 Å². The second-order valence-corrected chi connectivity index (χ2v) is 12.5. The minimum absolute atomic E-state index is 0.248. The number of carbonyl (C=O) groups is 1. The summed E-state index contributed by atoms with van der Waals surface area (Å²) in [6.45, 7) is 11.7. The number of phenols is 1. The summed E-state index contributed by atoms with van der Waals surface area (Å²) in [6.07, 6.45) is 5.13. The van der Waals surface area contributed by atoms with E-state index in [1.54, 1.807) is 25.1 Å². The number of fused-ring (bicyclic) bond motifs is 1. The summed E-state index contributed by atoms with van der Waals surface area (Å²) in [6, 6.07) is 10.4. The standard InChI is InChI=1S/C37H47F3O5/c1-25(2)18-19-32(44-34(42)36(43-7,37(38,39)40)30-16-9-8-10-17-30)27(4)15-11-13-26(3)14-12-21-35(6)22-20-29-24-31(41)23-28(5)33(29)45-35/h8-10,14-18,23-24,32,41H,11-13,19-22H2,1-7H3/b26-14+,27-15+/t32-,35-,36-/m1/s1. The molecule has 1 aliphatic heterocycles. The number of aryl methyl sites for hydroxylation is 2. The monoisotopic (exact) mass is 628 g/mol. The number of allylic oxidation sites excluding steroid dienone is 4. The van der Waals surface area contributed by atoms with Crippen LogP contribution < -0.4 is 4.74 Å². The molecular weight excluding hydrogens is 581 g/mol. The Hall–Kier alpha value is -3.52. The molecule has 0 saturated heterocycles. The Morgan fingerprint density at radius 1 is 1.07 bits per heavy atom. The van der Waals surface area contributed by atoms with Crippen molar-refractivity contribution in [3.63, 3.8) is 0 Å². The number of aromatic hydroxyl groups is 1. The fourth-order valence-electron chi connectivity index (χ4n) is 5.68. The summed E-state index contributed by atoms with van der Waals surface area (Å²) >= 11 is 0. The van der Waals surface area contributed by atoms with Crippen LogP contribution in [0.4, 0.5) is 13.2 Å². The molecule has 0 saturated carbocycles. The minimum atomic E-state index is -5.04. The smallest absolute Gasteiger partial charge is 0.432 e. The van der Waals surface area contributed by atoms with Crippen LogP contribution in [0.5, 0.6) is 11.5 Å². The number of phenolic OH excluding ortho intramolecular Hbond substituents is 1. The predicted molar refractivity (Wildman–Crippen MR) is 171 cm³/mol. The maximum atomic E-state index is 14.4.